The molecule has 94 valence electrons. The van der Waals surface area contributed by atoms with Crippen molar-refractivity contribution in [3.05, 3.63) is 51.0 Å². The molecular formula is C14H11Cl3O. The van der Waals surface area contributed by atoms with Crippen molar-refractivity contribution in [2.24, 2.45) is 0 Å². The number of benzene rings is 2. The molecule has 4 heteroatoms. The Morgan fingerprint density at radius 3 is 2.28 bits per heavy atom. The van der Waals surface area contributed by atoms with Crippen LogP contribution in [0.25, 0.3) is 11.1 Å². The molecule has 0 amide bonds. The van der Waals surface area contributed by atoms with E-state index >= 15 is 0 Å². The zero-order chi connectivity index (χ0) is 13.3. The van der Waals surface area contributed by atoms with Gasteiger partial charge >= 0.3 is 0 Å². The largest absolute Gasteiger partial charge is 0.496 e. The van der Waals surface area contributed by atoms with Gasteiger partial charge in [-0.25, -0.2) is 0 Å². The highest BCUT2D eigenvalue weighted by Crippen LogP contribution is 2.42. The van der Waals surface area contributed by atoms with Crippen LogP contribution in [0.2, 0.25) is 15.1 Å². The molecule has 0 N–H and O–H groups in total. The van der Waals surface area contributed by atoms with Crippen LogP contribution in [0.4, 0.5) is 0 Å². The molecule has 0 fully saturated rings. The molecule has 0 aliphatic carbocycles. The van der Waals surface area contributed by atoms with Crippen molar-refractivity contribution in [1.82, 2.24) is 0 Å². The highest BCUT2D eigenvalue weighted by Gasteiger charge is 2.15. The van der Waals surface area contributed by atoms with Crippen molar-refractivity contribution in [1.29, 1.82) is 0 Å². The fourth-order valence-corrected chi connectivity index (χ4v) is 2.52. The summed E-state index contributed by atoms with van der Waals surface area (Å²) in [6, 6.07) is 9.24. The van der Waals surface area contributed by atoms with Gasteiger partial charge in [0.05, 0.1) is 22.2 Å². The maximum absolute atomic E-state index is 6.24. The van der Waals surface area contributed by atoms with E-state index in [9.17, 15) is 0 Å². The van der Waals surface area contributed by atoms with Crippen molar-refractivity contribution in [3.8, 4) is 16.9 Å². The standard InChI is InChI=1S/C14H11Cl3O/c1-8-3-6-12(18-2)9(7-8)13-10(15)4-5-11(16)14(13)17/h3-7H,1-2H3. The van der Waals surface area contributed by atoms with Gasteiger partial charge in [0, 0.05) is 11.1 Å². The second kappa shape index (κ2) is 5.40. The Labute approximate surface area is 121 Å². The molecule has 0 radical (unpaired) electrons. The Morgan fingerprint density at radius 1 is 0.944 bits per heavy atom. The minimum absolute atomic E-state index is 0.438. The highest BCUT2D eigenvalue weighted by molar-refractivity contribution is 6.46. The van der Waals surface area contributed by atoms with E-state index < -0.39 is 0 Å². The monoisotopic (exact) mass is 300 g/mol. The quantitative estimate of drug-likeness (QED) is 0.653. The fourth-order valence-electron chi connectivity index (χ4n) is 1.79. The average Bonchev–Trinajstić information content (AvgIpc) is 2.35. The second-order valence-corrected chi connectivity index (χ2v) is 5.11. The number of halogens is 3. The third-order valence-electron chi connectivity index (χ3n) is 2.67. The van der Waals surface area contributed by atoms with Gasteiger partial charge in [-0.1, -0.05) is 46.4 Å². The first-order chi connectivity index (χ1) is 8.54. The summed E-state index contributed by atoms with van der Waals surface area (Å²) in [7, 11) is 1.61. The summed E-state index contributed by atoms with van der Waals surface area (Å²) >= 11 is 18.5. The lowest BCUT2D eigenvalue weighted by Gasteiger charge is -2.13. The molecule has 0 spiro atoms. The van der Waals surface area contributed by atoms with Crippen LogP contribution in [0.5, 0.6) is 5.75 Å². The summed E-state index contributed by atoms with van der Waals surface area (Å²) < 4.78 is 5.34. The molecule has 2 aromatic rings. The van der Waals surface area contributed by atoms with Gasteiger partial charge in [-0.15, -0.1) is 0 Å². The van der Waals surface area contributed by atoms with E-state index in [2.05, 4.69) is 0 Å². The molecular weight excluding hydrogens is 291 g/mol. The van der Waals surface area contributed by atoms with Gasteiger partial charge in [-0.3, -0.25) is 0 Å². The van der Waals surface area contributed by atoms with Gasteiger partial charge in [0.25, 0.3) is 0 Å². The number of methoxy groups -OCH3 is 1. The minimum Gasteiger partial charge on any atom is -0.496 e. The third kappa shape index (κ3) is 2.44. The zero-order valence-corrected chi connectivity index (χ0v) is 12.2. The molecule has 18 heavy (non-hydrogen) atoms. The maximum atomic E-state index is 6.24. The van der Waals surface area contributed by atoms with Gasteiger partial charge in [0.1, 0.15) is 5.75 Å². The van der Waals surface area contributed by atoms with Crippen LogP contribution in [-0.4, -0.2) is 7.11 Å². The molecule has 0 bridgehead atoms. The maximum Gasteiger partial charge on any atom is 0.126 e. The lowest BCUT2D eigenvalue weighted by atomic mass is 10.0. The van der Waals surface area contributed by atoms with Crippen molar-refractivity contribution >= 4 is 34.8 Å². The van der Waals surface area contributed by atoms with E-state index in [0.717, 1.165) is 11.1 Å². The Hall–Kier alpha value is -0.890. The van der Waals surface area contributed by atoms with Crippen LogP contribution in [-0.2, 0) is 0 Å². The summed E-state index contributed by atoms with van der Waals surface area (Å²) in [5.74, 6) is 0.715. The van der Waals surface area contributed by atoms with Crippen molar-refractivity contribution in [2.45, 2.75) is 6.92 Å². The number of ether oxygens (including phenoxy) is 1. The van der Waals surface area contributed by atoms with E-state index in [-0.39, 0.29) is 0 Å². The topological polar surface area (TPSA) is 9.23 Å². The minimum atomic E-state index is 0.438. The van der Waals surface area contributed by atoms with Crippen LogP contribution in [0.3, 0.4) is 0 Å². The van der Waals surface area contributed by atoms with Crippen molar-refractivity contribution < 1.29 is 4.74 Å². The smallest absolute Gasteiger partial charge is 0.126 e. The third-order valence-corrected chi connectivity index (χ3v) is 3.79. The number of hydrogen-bond acceptors (Lipinski definition) is 1. The fraction of sp³-hybridized carbons (Fsp3) is 0.143. The molecule has 0 saturated carbocycles. The lowest BCUT2D eigenvalue weighted by molar-refractivity contribution is 0.416. The molecule has 2 rings (SSSR count). The summed E-state index contributed by atoms with van der Waals surface area (Å²) in [4.78, 5) is 0. The normalized spacial score (nSPS) is 10.5. The van der Waals surface area contributed by atoms with E-state index in [1.165, 1.54) is 0 Å². The number of rotatable bonds is 2. The summed E-state index contributed by atoms with van der Waals surface area (Å²) in [6.07, 6.45) is 0. The molecule has 0 atom stereocenters. The van der Waals surface area contributed by atoms with E-state index in [4.69, 9.17) is 39.5 Å². The van der Waals surface area contributed by atoms with Crippen molar-refractivity contribution in [2.75, 3.05) is 7.11 Å². The predicted octanol–water partition coefficient (Wildman–Crippen LogP) is 5.63. The molecule has 0 aliphatic rings. The van der Waals surface area contributed by atoms with Gasteiger partial charge in [0.2, 0.25) is 0 Å². The second-order valence-electron chi connectivity index (χ2n) is 3.92. The SMILES string of the molecule is COc1ccc(C)cc1-c1c(Cl)ccc(Cl)c1Cl. The molecule has 0 aromatic heterocycles. The Balaban J connectivity index is 2.76. The predicted molar refractivity (Wildman–Crippen MR) is 78.2 cm³/mol. The summed E-state index contributed by atoms with van der Waals surface area (Å²) in [5.41, 5.74) is 2.64. The molecule has 0 unspecified atom stereocenters. The van der Waals surface area contributed by atoms with Gasteiger partial charge in [-0.2, -0.15) is 0 Å². The molecule has 1 nitrogen and oxygen atoms in total. The molecule has 0 heterocycles. The van der Waals surface area contributed by atoms with E-state index in [0.29, 0.717) is 26.4 Å². The van der Waals surface area contributed by atoms with Crippen LogP contribution in [0.1, 0.15) is 5.56 Å². The van der Waals surface area contributed by atoms with Crippen LogP contribution >= 0.6 is 34.8 Å². The first-order valence-electron chi connectivity index (χ1n) is 5.33. The van der Waals surface area contributed by atoms with E-state index in [1.54, 1.807) is 19.2 Å². The first kappa shape index (κ1) is 13.5. The molecule has 0 aliphatic heterocycles. The molecule has 2 aromatic carbocycles. The van der Waals surface area contributed by atoms with Crippen LogP contribution < -0.4 is 4.74 Å². The summed E-state index contributed by atoms with van der Waals surface area (Å²) in [5, 5.41) is 1.46. The Kier molecular flexibility index (Phi) is 4.06. The number of aryl methyl sites for hydroxylation is 1. The Morgan fingerprint density at radius 2 is 1.61 bits per heavy atom. The van der Waals surface area contributed by atoms with Gasteiger partial charge < -0.3 is 4.74 Å². The van der Waals surface area contributed by atoms with Crippen molar-refractivity contribution in [3.63, 3.8) is 0 Å². The summed E-state index contributed by atoms with van der Waals surface area (Å²) in [6.45, 7) is 2.00. The zero-order valence-electron chi connectivity index (χ0n) is 9.93. The lowest BCUT2D eigenvalue weighted by Crippen LogP contribution is -1.91. The van der Waals surface area contributed by atoms with Gasteiger partial charge in [-0.05, 0) is 31.2 Å². The Bertz CT molecular complexity index is 594. The van der Waals surface area contributed by atoms with Crippen LogP contribution in [0, 0.1) is 6.92 Å². The van der Waals surface area contributed by atoms with Gasteiger partial charge in [0.15, 0.2) is 0 Å². The van der Waals surface area contributed by atoms with Crippen LogP contribution in [0.15, 0.2) is 30.3 Å². The van der Waals surface area contributed by atoms with E-state index in [1.807, 2.05) is 25.1 Å². The highest BCUT2D eigenvalue weighted by atomic mass is 35.5. The average molecular weight is 302 g/mol. The first-order valence-corrected chi connectivity index (χ1v) is 6.46. The molecule has 0 saturated heterocycles. The number of hydrogen-bond donors (Lipinski definition) is 0.